The van der Waals surface area contributed by atoms with Crippen LogP contribution in [0.2, 0.25) is 5.02 Å². The van der Waals surface area contributed by atoms with E-state index in [1.165, 1.54) is 0 Å². The second kappa shape index (κ2) is 5.58. The molecule has 0 fully saturated rings. The lowest BCUT2D eigenvalue weighted by atomic mass is 10.2. The number of hydrogen-bond acceptors (Lipinski definition) is 3. The van der Waals surface area contributed by atoms with Crippen molar-refractivity contribution < 1.29 is 8.42 Å². The minimum absolute atomic E-state index is 0.0633. The minimum atomic E-state index is -3.47. The van der Waals surface area contributed by atoms with Gasteiger partial charge in [-0.25, -0.2) is 13.1 Å². The first-order valence-electron chi connectivity index (χ1n) is 4.40. The molecule has 0 unspecified atom stereocenters. The molecule has 0 aliphatic carbocycles. The molecule has 1 rings (SSSR count). The van der Waals surface area contributed by atoms with Crippen LogP contribution in [0, 0.1) is 0 Å². The van der Waals surface area contributed by atoms with Gasteiger partial charge in [0.2, 0.25) is 10.0 Å². The molecule has 0 aliphatic heterocycles. The summed E-state index contributed by atoms with van der Waals surface area (Å²) in [6, 6.07) is 6.99. The van der Waals surface area contributed by atoms with E-state index in [1.807, 2.05) is 0 Å². The maximum atomic E-state index is 11.4. The van der Waals surface area contributed by atoms with Gasteiger partial charge in [-0.2, -0.15) is 0 Å². The van der Waals surface area contributed by atoms with Crippen LogP contribution in [0.3, 0.4) is 0 Å². The highest BCUT2D eigenvalue weighted by Crippen LogP contribution is 2.14. The topological polar surface area (TPSA) is 72.2 Å². The molecule has 16 heavy (non-hydrogen) atoms. The number of nitrogens with two attached hydrogens (primary N) is 1. The fourth-order valence-corrected chi connectivity index (χ4v) is 2.59. The lowest BCUT2D eigenvalue weighted by Gasteiger charge is -2.06. The van der Waals surface area contributed by atoms with Crippen LogP contribution in [-0.2, 0) is 16.6 Å². The average Bonchev–Trinajstić information content (AvgIpc) is 2.14. The van der Waals surface area contributed by atoms with Gasteiger partial charge >= 0.3 is 0 Å². The van der Waals surface area contributed by atoms with Crippen LogP contribution in [0.1, 0.15) is 5.56 Å². The Bertz CT molecular complexity index is 488. The zero-order valence-electron chi connectivity index (χ0n) is 8.31. The first kappa shape index (κ1) is 13.4. The van der Waals surface area contributed by atoms with Gasteiger partial charge in [-0.05, 0) is 11.6 Å². The minimum Gasteiger partial charge on any atom is -0.392 e. The molecule has 88 valence electrons. The monoisotopic (exact) mass is 278 g/mol. The van der Waals surface area contributed by atoms with Crippen molar-refractivity contribution in [3.63, 3.8) is 0 Å². The van der Waals surface area contributed by atoms with Gasteiger partial charge in [0.05, 0.1) is 4.99 Å². The van der Waals surface area contributed by atoms with Crippen molar-refractivity contribution in [3.8, 4) is 0 Å². The number of benzene rings is 1. The highest BCUT2D eigenvalue weighted by atomic mass is 35.5. The Kier molecular flexibility index (Phi) is 4.67. The van der Waals surface area contributed by atoms with Gasteiger partial charge in [-0.3, -0.25) is 0 Å². The zero-order valence-corrected chi connectivity index (χ0v) is 10.7. The molecule has 7 heteroatoms. The third-order valence-electron chi connectivity index (χ3n) is 1.77. The summed E-state index contributed by atoms with van der Waals surface area (Å²) in [7, 11) is -3.47. The van der Waals surface area contributed by atoms with E-state index in [9.17, 15) is 8.42 Å². The van der Waals surface area contributed by atoms with Crippen LogP contribution in [0.15, 0.2) is 24.3 Å². The molecule has 0 atom stereocenters. The van der Waals surface area contributed by atoms with E-state index in [1.54, 1.807) is 24.3 Å². The second-order valence-electron chi connectivity index (χ2n) is 3.14. The molecule has 4 nitrogen and oxygen atoms in total. The van der Waals surface area contributed by atoms with E-state index in [0.29, 0.717) is 10.6 Å². The van der Waals surface area contributed by atoms with E-state index in [0.717, 1.165) is 0 Å². The third-order valence-corrected chi connectivity index (χ3v) is 3.74. The normalized spacial score (nSPS) is 11.3. The molecule has 0 saturated heterocycles. The van der Waals surface area contributed by atoms with Crippen LogP contribution in [0.25, 0.3) is 0 Å². The van der Waals surface area contributed by atoms with Crippen molar-refractivity contribution in [2.45, 2.75) is 6.54 Å². The van der Waals surface area contributed by atoms with Gasteiger partial charge in [0.1, 0.15) is 5.75 Å². The Morgan fingerprint density at radius 1 is 1.44 bits per heavy atom. The quantitative estimate of drug-likeness (QED) is 0.790. The fraction of sp³-hybridized carbons (Fsp3) is 0.222. The zero-order chi connectivity index (χ0) is 12.2. The van der Waals surface area contributed by atoms with Crippen molar-refractivity contribution in [2.75, 3.05) is 5.75 Å². The number of halogens is 1. The average molecular weight is 279 g/mol. The molecule has 0 amide bonds. The Hall–Kier alpha value is -0.690. The Morgan fingerprint density at radius 3 is 2.62 bits per heavy atom. The molecule has 0 saturated carbocycles. The largest absolute Gasteiger partial charge is 0.392 e. The summed E-state index contributed by atoms with van der Waals surface area (Å²) in [5.41, 5.74) is 5.87. The standard InChI is InChI=1S/C9H11ClN2O2S2/c10-8-4-2-1-3-7(8)5-12-16(13,14)6-9(11)15/h1-4,12H,5-6H2,(H2,11,15). The molecule has 3 N–H and O–H groups in total. The van der Waals surface area contributed by atoms with Gasteiger partial charge in [0.15, 0.2) is 0 Å². The molecule has 1 aromatic rings. The maximum absolute atomic E-state index is 11.4. The summed E-state index contributed by atoms with van der Waals surface area (Å²) in [6.07, 6.45) is 0. The summed E-state index contributed by atoms with van der Waals surface area (Å²) in [4.78, 5) is -0.0633. The molecule has 0 radical (unpaired) electrons. The predicted molar refractivity (Wildman–Crippen MR) is 68.9 cm³/mol. The molecular weight excluding hydrogens is 268 g/mol. The van der Waals surface area contributed by atoms with E-state index < -0.39 is 10.0 Å². The van der Waals surface area contributed by atoms with Crippen LogP contribution in [0.5, 0.6) is 0 Å². The number of sulfonamides is 1. The summed E-state index contributed by atoms with van der Waals surface area (Å²) in [5.74, 6) is -0.354. The van der Waals surface area contributed by atoms with Gasteiger partial charge in [-0.15, -0.1) is 0 Å². The first-order valence-corrected chi connectivity index (χ1v) is 6.83. The molecule has 0 heterocycles. The van der Waals surface area contributed by atoms with Crippen LogP contribution >= 0.6 is 23.8 Å². The van der Waals surface area contributed by atoms with E-state index >= 15 is 0 Å². The molecule has 0 aliphatic rings. The highest BCUT2D eigenvalue weighted by Gasteiger charge is 2.11. The number of rotatable bonds is 5. The Morgan fingerprint density at radius 2 is 2.06 bits per heavy atom. The van der Waals surface area contributed by atoms with Crippen LogP contribution < -0.4 is 10.5 Å². The SMILES string of the molecule is NC(=S)CS(=O)(=O)NCc1ccccc1Cl. The van der Waals surface area contributed by atoms with E-state index in [-0.39, 0.29) is 17.3 Å². The maximum Gasteiger partial charge on any atom is 0.218 e. The smallest absolute Gasteiger partial charge is 0.218 e. The summed E-state index contributed by atoms with van der Waals surface area (Å²) < 4.78 is 25.2. The van der Waals surface area contributed by atoms with Gasteiger partial charge < -0.3 is 5.73 Å². The highest BCUT2D eigenvalue weighted by molar-refractivity contribution is 7.92. The first-order chi connectivity index (χ1) is 7.41. The second-order valence-corrected chi connectivity index (χ2v) is 5.88. The van der Waals surface area contributed by atoms with E-state index in [4.69, 9.17) is 17.3 Å². The number of nitrogens with one attached hydrogen (secondary N) is 1. The molecule has 0 aromatic heterocycles. The van der Waals surface area contributed by atoms with Crippen molar-refractivity contribution in [3.05, 3.63) is 34.9 Å². The molecule has 1 aromatic carbocycles. The lowest BCUT2D eigenvalue weighted by molar-refractivity contribution is 0.585. The van der Waals surface area contributed by atoms with Gasteiger partial charge in [0, 0.05) is 11.6 Å². The fourth-order valence-electron chi connectivity index (χ4n) is 1.07. The van der Waals surface area contributed by atoms with Crippen LogP contribution in [-0.4, -0.2) is 19.2 Å². The van der Waals surface area contributed by atoms with Crippen molar-refractivity contribution in [1.29, 1.82) is 0 Å². The number of thiocarbonyl (C=S) groups is 1. The summed E-state index contributed by atoms with van der Waals surface area (Å²) in [5, 5.41) is 0.514. The Labute approximate surface area is 105 Å². The molecule has 0 bridgehead atoms. The van der Waals surface area contributed by atoms with Crippen molar-refractivity contribution in [2.24, 2.45) is 5.73 Å². The summed E-state index contributed by atoms with van der Waals surface area (Å²) in [6.45, 7) is 0.130. The van der Waals surface area contributed by atoms with Gasteiger partial charge in [-0.1, -0.05) is 42.0 Å². The van der Waals surface area contributed by atoms with Crippen molar-refractivity contribution in [1.82, 2.24) is 4.72 Å². The van der Waals surface area contributed by atoms with E-state index in [2.05, 4.69) is 16.9 Å². The predicted octanol–water partition coefficient (Wildman–Crippen LogP) is 1.05. The lowest BCUT2D eigenvalue weighted by Crippen LogP contribution is -2.32. The van der Waals surface area contributed by atoms with Crippen LogP contribution in [0.4, 0.5) is 0 Å². The summed E-state index contributed by atoms with van der Waals surface area (Å²) >= 11 is 10.4. The third kappa shape index (κ3) is 4.44. The Balaban J connectivity index is 2.65. The molecule has 0 spiro atoms. The van der Waals surface area contributed by atoms with Crippen molar-refractivity contribution >= 4 is 38.8 Å². The number of hydrogen-bond donors (Lipinski definition) is 2. The molecular formula is C9H11ClN2O2S2. The van der Waals surface area contributed by atoms with Gasteiger partial charge in [0.25, 0.3) is 0 Å².